The number of carboxylic acids is 1. The molecule has 0 bridgehead atoms. The van der Waals surface area contributed by atoms with Crippen molar-refractivity contribution in [2.45, 2.75) is 26.3 Å². The van der Waals surface area contributed by atoms with E-state index < -0.39 is 11.5 Å². The number of carboxylic acid groups (broad SMARTS) is 1. The van der Waals surface area contributed by atoms with Crippen LogP contribution in [0.1, 0.15) is 29.2 Å². The van der Waals surface area contributed by atoms with E-state index in [-0.39, 0.29) is 18.4 Å². The number of hydrogen-bond donors (Lipinski definition) is 2. The van der Waals surface area contributed by atoms with Gasteiger partial charge in [0.1, 0.15) is 18.2 Å². The second kappa shape index (κ2) is 11.7. The molecule has 0 saturated carbocycles. The minimum atomic E-state index is -0.840. The van der Waals surface area contributed by atoms with Crippen molar-refractivity contribution < 1.29 is 23.8 Å². The van der Waals surface area contributed by atoms with Gasteiger partial charge in [-0.25, -0.2) is 9.38 Å². The molecule has 0 aliphatic carbocycles. The van der Waals surface area contributed by atoms with Gasteiger partial charge in [-0.15, -0.1) is 12.8 Å². The van der Waals surface area contributed by atoms with Crippen LogP contribution >= 0.6 is 0 Å². The molecular weight excluding hydrogens is 447 g/mol. The van der Waals surface area contributed by atoms with Crippen LogP contribution in [-0.4, -0.2) is 30.8 Å². The van der Waals surface area contributed by atoms with Crippen LogP contribution in [0.15, 0.2) is 65.7 Å². The number of rotatable bonds is 4. The lowest BCUT2D eigenvalue weighted by Crippen LogP contribution is -2.27. The number of aliphatic imine (C=N–C) groups is 1. The first-order chi connectivity index (χ1) is 16.7. The summed E-state index contributed by atoms with van der Waals surface area (Å²) in [6.45, 7) is 5.30. The fourth-order valence-electron chi connectivity index (χ4n) is 3.85. The van der Waals surface area contributed by atoms with Crippen molar-refractivity contribution >= 4 is 12.0 Å². The predicted molar refractivity (Wildman–Crippen MR) is 136 cm³/mol. The van der Waals surface area contributed by atoms with E-state index in [0.717, 1.165) is 40.5 Å². The van der Waals surface area contributed by atoms with Crippen molar-refractivity contribution in [3.63, 3.8) is 0 Å². The van der Waals surface area contributed by atoms with Gasteiger partial charge in [0.15, 0.2) is 5.54 Å². The maximum atomic E-state index is 14.7. The van der Waals surface area contributed by atoms with Gasteiger partial charge in [0.05, 0.1) is 7.11 Å². The first kappa shape index (κ1) is 26.9. The highest BCUT2D eigenvalue weighted by atomic mass is 19.1. The van der Waals surface area contributed by atoms with Crippen LogP contribution in [0, 0.1) is 32.5 Å². The van der Waals surface area contributed by atoms with E-state index in [2.05, 4.69) is 17.8 Å². The molecule has 1 aliphatic rings. The highest BCUT2D eigenvalue weighted by molar-refractivity contribution is 5.76. The Morgan fingerprint density at radius 1 is 1.11 bits per heavy atom. The molecule has 3 N–H and O–H groups in total. The van der Waals surface area contributed by atoms with E-state index in [9.17, 15) is 4.39 Å². The Morgan fingerprint density at radius 3 is 2.29 bits per heavy atom. The Morgan fingerprint density at radius 2 is 1.74 bits per heavy atom. The third-order valence-corrected chi connectivity index (χ3v) is 5.38. The number of aliphatic carboxylic acids is 1. The lowest BCUT2D eigenvalue weighted by Gasteiger charge is -2.26. The number of aryl methyl sites for hydroxylation is 2. The summed E-state index contributed by atoms with van der Waals surface area (Å²) in [5.41, 5.74) is 10.2. The summed E-state index contributed by atoms with van der Waals surface area (Å²) < 4.78 is 25.7. The summed E-state index contributed by atoms with van der Waals surface area (Å²) in [5.74, 6) is -0.324. The Bertz CT molecular complexity index is 1250. The molecule has 1 unspecified atom stereocenters. The summed E-state index contributed by atoms with van der Waals surface area (Å²) in [7, 11) is 1.64. The minimum Gasteiger partial charge on any atom is -0.496 e. The Balaban J connectivity index is 0.000000655. The largest absolute Gasteiger partial charge is 0.496 e. The molecule has 7 heteroatoms. The lowest BCUT2D eigenvalue weighted by atomic mass is 9.82. The standard InChI is InChI=1S/C24H23FN2O2.C2H4O2.C2H2/c1-15-5-4-6-17(11-15)20-13-19(7-9-21(20)25)24(14-29-23(26)27-24)18-8-10-22(28-3)16(2)12-18;1-2(3)4;1-2/h4-13H,14H2,1-3H3,(H2,26,27);1H3,(H,3,4);1-2H. The number of methoxy groups -OCH3 is 1. The molecule has 0 spiro atoms. The maximum Gasteiger partial charge on any atom is 0.300 e. The number of carbonyl (C=O) groups is 1. The van der Waals surface area contributed by atoms with Crippen molar-refractivity contribution in [2.75, 3.05) is 13.7 Å². The number of ether oxygens (including phenoxy) is 2. The topological polar surface area (TPSA) is 94.1 Å². The molecular formula is C28H29FN2O4. The number of halogens is 1. The first-order valence-electron chi connectivity index (χ1n) is 10.7. The van der Waals surface area contributed by atoms with Gasteiger partial charge in [0.2, 0.25) is 0 Å². The molecule has 0 saturated heterocycles. The van der Waals surface area contributed by atoms with Crippen molar-refractivity contribution in [2.24, 2.45) is 10.7 Å². The zero-order chi connectivity index (χ0) is 26.2. The second-order valence-corrected chi connectivity index (χ2v) is 7.87. The lowest BCUT2D eigenvalue weighted by molar-refractivity contribution is -0.134. The number of amidine groups is 1. The number of nitrogens with zero attached hydrogens (tertiary/aromatic N) is 1. The third-order valence-electron chi connectivity index (χ3n) is 5.38. The highest BCUT2D eigenvalue weighted by Gasteiger charge is 2.40. The van der Waals surface area contributed by atoms with E-state index >= 15 is 0 Å². The Hall–Kier alpha value is -4.31. The van der Waals surface area contributed by atoms with Gasteiger partial charge < -0.3 is 20.3 Å². The molecule has 6 nitrogen and oxygen atoms in total. The van der Waals surface area contributed by atoms with Gasteiger partial charge in [-0.3, -0.25) is 4.79 Å². The van der Waals surface area contributed by atoms with E-state index in [1.54, 1.807) is 13.2 Å². The van der Waals surface area contributed by atoms with Gasteiger partial charge in [-0.05, 0) is 60.4 Å². The van der Waals surface area contributed by atoms with E-state index in [4.69, 9.17) is 25.1 Å². The fraction of sp³-hybridized carbons (Fsp3) is 0.214. The van der Waals surface area contributed by atoms with E-state index in [0.29, 0.717) is 5.56 Å². The molecule has 1 heterocycles. The molecule has 0 radical (unpaired) electrons. The van der Waals surface area contributed by atoms with Gasteiger partial charge in [-0.1, -0.05) is 42.0 Å². The Labute approximate surface area is 205 Å². The molecule has 1 aliphatic heterocycles. The van der Waals surface area contributed by atoms with Gasteiger partial charge in [0, 0.05) is 12.5 Å². The van der Waals surface area contributed by atoms with Crippen LogP contribution < -0.4 is 10.5 Å². The summed E-state index contributed by atoms with van der Waals surface area (Å²) >= 11 is 0. The number of terminal acetylenes is 1. The molecule has 0 fully saturated rings. The minimum absolute atomic E-state index is 0.125. The van der Waals surface area contributed by atoms with Crippen molar-refractivity contribution in [1.29, 1.82) is 0 Å². The molecule has 0 amide bonds. The predicted octanol–water partition coefficient (Wildman–Crippen LogP) is 5.05. The molecule has 3 aromatic rings. The molecule has 1 atom stereocenters. The SMILES string of the molecule is C#C.CC(=O)O.COc1ccc(C2(c3ccc(F)c(-c4cccc(C)c4)c3)COC(N)=N2)cc1C. The molecule has 4 rings (SSSR count). The zero-order valence-electron chi connectivity index (χ0n) is 20.2. The smallest absolute Gasteiger partial charge is 0.300 e. The van der Waals surface area contributed by atoms with Crippen molar-refractivity contribution in [3.05, 3.63) is 88.7 Å². The number of hydrogen-bond acceptors (Lipinski definition) is 5. The van der Waals surface area contributed by atoms with Crippen LogP contribution in [0.25, 0.3) is 11.1 Å². The first-order valence-corrected chi connectivity index (χ1v) is 10.7. The third kappa shape index (κ3) is 6.18. The van der Waals surface area contributed by atoms with Crippen LogP contribution in [0.4, 0.5) is 4.39 Å². The summed E-state index contributed by atoms with van der Waals surface area (Å²) in [6.07, 6.45) is 8.00. The van der Waals surface area contributed by atoms with Crippen LogP contribution in [-0.2, 0) is 15.1 Å². The highest BCUT2D eigenvalue weighted by Crippen LogP contribution is 2.40. The summed E-state index contributed by atoms with van der Waals surface area (Å²) in [6, 6.07) is 18.9. The maximum absolute atomic E-state index is 14.7. The van der Waals surface area contributed by atoms with E-state index in [1.165, 1.54) is 6.07 Å². The molecule has 182 valence electrons. The van der Waals surface area contributed by atoms with Crippen LogP contribution in [0.2, 0.25) is 0 Å². The molecule has 0 aromatic heterocycles. The average molecular weight is 477 g/mol. The average Bonchev–Trinajstić information content (AvgIpc) is 3.23. The van der Waals surface area contributed by atoms with Gasteiger partial charge in [-0.2, -0.15) is 0 Å². The fourth-order valence-corrected chi connectivity index (χ4v) is 3.85. The van der Waals surface area contributed by atoms with Crippen molar-refractivity contribution in [3.8, 4) is 29.7 Å². The van der Waals surface area contributed by atoms with E-state index in [1.807, 2.05) is 62.4 Å². The van der Waals surface area contributed by atoms with Crippen molar-refractivity contribution in [1.82, 2.24) is 0 Å². The molecule has 35 heavy (non-hydrogen) atoms. The summed E-state index contributed by atoms with van der Waals surface area (Å²) in [4.78, 5) is 13.6. The van der Waals surface area contributed by atoms with Gasteiger partial charge in [0.25, 0.3) is 12.0 Å². The van der Waals surface area contributed by atoms with Crippen LogP contribution in [0.5, 0.6) is 5.75 Å². The molecule has 3 aromatic carbocycles. The number of nitrogens with two attached hydrogens (primary N) is 1. The normalized spacial score (nSPS) is 15.9. The summed E-state index contributed by atoms with van der Waals surface area (Å²) in [5, 5.41) is 7.42. The number of benzene rings is 3. The quantitative estimate of drug-likeness (QED) is 0.514. The van der Waals surface area contributed by atoms with Gasteiger partial charge >= 0.3 is 0 Å². The zero-order valence-corrected chi connectivity index (χ0v) is 20.2. The van der Waals surface area contributed by atoms with Crippen LogP contribution in [0.3, 0.4) is 0 Å². The monoisotopic (exact) mass is 476 g/mol. The second-order valence-electron chi connectivity index (χ2n) is 7.87. The Kier molecular flexibility index (Phi) is 9.01.